The highest BCUT2D eigenvalue weighted by molar-refractivity contribution is 5.95. The van der Waals surface area contributed by atoms with Gasteiger partial charge in [0.1, 0.15) is 0 Å². The van der Waals surface area contributed by atoms with Gasteiger partial charge in [0.25, 0.3) is 5.91 Å². The summed E-state index contributed by atoms with van der Waals surface area (Å²) < 4.78 is 0. The summed E-state index contributed by atoms with van der Waals surface area (Å²) in [7, 11) is 0. The van der Waals surface area contributed by atoms with E-state index in [2.05, 4.69) is 18.2 Å². The Bertz CT molecular complexity index is 691. The summed E-state index contributed by atoms with van der Waals surface area (Å²) in [6.07, 6.45) is 1.77. The lowest BCUT2D eigenvalue weighted by atomic mass is 9.92. The van der Waals surface area contributed by atoms with E-state index in [-0.39, 0.29) is 18.1 Å². The number of aliphatic hydroxyl groups excluding tert-OH is 1. The van der Waals surface area contributed by atoms with Crippen LogP contribution in [-0.4, -0.2) is 34.6 Å². The maximum Gasteiger partial charge on any atom is 0.254 e. The van der Waals surface area contributed by atoms with E-state index in [9.17, 15) is 9.90 Å². The van der Waals surface area contributed by atoms with Crippen LogP contribution in [0.15, 0.2) is 48.5 Å². The molecule has 0 bridgehead atoms. The van der Waals surface area contributed by atoms with E-state index >= 15 is 0 Å². The van der Waals surface area contributed by atoms with Gasteiger partial charge in [-0.05, 0) is 50.8 Å². The maximum atomic E-state index is 13.1. The zero-order chi connectivity index (χ0) is 17.1. The van der Waals surface area contributed by atoms with Crippen molar-refractivity contribution in [3.05, 3.63) is 70.8 Å². The Morgan fingerprint density at radius 2 is 1.79 bits per heavy atom. The van der Waals surface area contributed by atoms with Gasteiger partial charge in [0, 0.05) is 18.2 Å². The summed E-state index contributed by atoms with van der Waals surface area (Å²) in [6, 6.07) is 16.2. The first-order valence-corrected chi connectivity index (χ1v) is 8.64. The van der Waals surface area contributed by atoms with Gasteiger partial charge in [-0.25, -0.2) is 0 Å². The number of amides is 1. The van der Waals surface area contributed by atoms with Crippen LogP contribution in [0, 0.1) is 13.8 Å². The van der Waals surface area contributed by atoms with Crippen LogP contribution in [-0.2, 0) is 6.42 Å². The van der Waals surface area contributed by atoms with Gasteiger partial charge in [-0.15, -0.1) is 0 Å². The first kappa shape index (κ1) is 16.7. The van der Waals surface area contributed by atoms with E-state index in [1.54, 1.807) is 0 Å². The lowest BCUT2D eigenvalue weighted by Crippen LogP contribution is -2.48. The van der Waals surface area contributed by atoms with Gasteiger partial charge in [0.05, 0.1) is 6.10 Å². The van der Waals surface area contributed by atoms with Crippen LogP contribution < -0.4 is 0 Å². The van der Waals surface area contributed by atoms with Crippen molar-refractivity contribution in [2.75, 3.05) is 6.54 Å². The van der Waals surface area contributed by atoms with Gasteiger partial charge in [0.15, 0.2) is 0 Å². The molecule has 2 aromatic rings. The van der Waals surface area contributed by atoms with E-state index in [1.807, 2.05) is 49.1 Å². The molecule has 1 fully saturated rings. The lowest BCUT2D eigenvalue weighted by molar-refractivity contribution is 0.0324. The van der Waals surface area contributed by atoms with Gasteiger partial charge in [-0.3, -0.25) is 4.79 Å². The van der Waals surface area contributed by atoms with E-state index in [4.69, 9.17) is 0 Å². The largest absolute Gasteiger partial charge is 0.393 e. The first-order chi connectivity index (χ1) is 11.5. The van der Waals surface area contributed by atoms with Crippen LogP contribution in [0.5, 0.6) is 0 Å². The highest BCUT2D eigenvalue weighted by Crippen LogP contribution is 2.24. The monoisotopic (exact) mass is 323 g/mol. The predicted octanol–water partition coefficient (Wildman–Crippen LogP) is 3.51. The second kappa shape index (κ2) is 7.18. The molecule has 0 saturated carbocycles. The third-order valence-electron chi connectivity index (χ3n) is 4.73. The van der Waals surface area contributed by atoms with Crippen molar-refractivity contribution in [2.24, 2.45) is 0 Å². The molecule has 3 heteroatoms. The van der Waals surface area contributed by atoms with Crippen molar-refractivity contribution in [3.8, 4) is 0 Å². The predicted molar refractivity (Wildman–Crippen MR) is 96.1 cm³/mol. The molecule has 1 amide bonds. The minimum atomic E-state index is -0.318. The molecule has 3 nitrogen and oxygen atoms in total. The third-order valence-corrected chi connectivity index (χ3v) is 4.73. The molecule has 2 atom stereocenters. The standard InChI is InChI=1S/C21H25NO2/c1-15-10-16(2)12-18(11-15)21(24)22-9-8-20(23)14-19(22)13-17-6-4-3-5-7-17/h3-7,10-12,19-20,23H,8-9,13-14H2,1-2H3/t19-,20-/m0/s1. The summed E-state index contributed by atoms with van der Waals surface area (Å²) in [4.78, 5) is 15.0. The number of hydrogen-bond acceptors (Lipinski definition) is 2. The summed E-state index contributed by atoms with van der Waals surface area (Å²) >= 11 is 0. The van der Waals surface area contributed by atoms with E-state index < -0.39 is 0 Å². The molecular formula is C21H25NO2. The Hall–Kier alpha value is -2.13. The Balaban J connectivity index is 1.84. The lowest BCUT2D eigenvalue weighted by Gasteiger charge is -2.38. The van der Waals surface area contributed by atoms with Gasteiger partial charge >= 0.3 is 0 Å². The minimum absolute atomic E-state index is 0.0458. The van der Waals surface area contributed by atoms with Crippen molar-refractivity contribution >= 4 is 5.91 Å². The molecule has 24 heavy (non-hydrogen) atoms. The number of nitrogens with zero attached hydrogens (tertiary/aromatic N) is 1. The van der Waals surface area contributed by atoms with Crippen molar-refractivity contribution in [3.63, 3.8) is 0 Å². The molecule has 0 radical (unpaired) electrons. The number of carbonyl (C=O) groups excluding carboxylic acids is 1. The normalized spacial score (nSPS) is 20.9. The Morgan fingerprint density at radius 3 is 2.46 bits per heavy atom. The summed E-state index contributed by atoms with van der Waals surface area (Å²) in [5.74, 6) is 0.0784. The molecular weight excluding hydrogens is 298 g/mol. The molecule has 2 aromatic carbocycles. The van der Waals surface area contributed by atoms with Gasteiger partial charge in [-0.1, -0.05) is 47.5 Å². The van der Waals surface area contributed by atoms with Crippen LogP contribution in [0.25, 0.3) is 0 Å². The zero-order valence-electron chi connectivity index (χ0n) is 14.4. The average Bonchev–Trinajstić information content (AvgIpc) is 2.54. The maximum absolute atomic E-state index is 13.1. The van der Waals surface area contributed by atoms with Gasteiger partial charge < -0.3 is 10.0 Å². The molecule has 1 aliphatic heterocycles. The fraction of sp³-hybridized carbons (Fsp3) is 0.381. The third kappa shape index (κ3) is 3.85. The fourth-order valence-corrected chi connectivity index (χ4v) is 3.64. The van der Waals surface area contributed by atoms with E-state index in [1.165, 1.54) is 5.56 Å². The number of benzene rings is 2. The van der Waals surface area contributed by atoms with Crippen LogP contribution in [0.3, 0.4) is 0 Å². The van der Waals surface area contributed by atoms with Crippen molar-refractivity contribution in [1.29, 1.82) is 0 Å². The molecule has 3 rings (SSSR count). The van der Waals surface area contributed by atoms with Crippen molar-refractivity contribution in [1.82, 2.24) is 4.90 Å². The number of aliphatic hydroxyl groups is 1. The van der Waals surface area contributed by atoms with Crippen molar-refractivity contribution in [2.45, 2.75) is 45.3 Å². The van der Waals surface area contributed by atoms with Gasteiger partial charge in [0.2, 0.25) is 0 Å². The Kier molecular flexibility index (Phi) is 5.00. The van der Waals surface area contributed by atoms with E-state index in [0.717, 1.165) is 23.1 Å². The number of likely N-dealkylation sites (tertiary alicyclic amines) is 1. The second-order valence-corrected chi connectivity index (χ2v) is 6.90. The Labute approximate surface area is 143 Å². The average molecular weight is 323 g/mol. The fourth-order valence-electron chi connectivity index (χ4n) is 3.64. The SMILES string of the molecule is Cc1cc(C)cc(C(=O)N2CC[C@H](O)C[C@@H]2Cc2ccccc2)c1. The quantitative estimate of drug-likeness (QED) is 0.939. The number of carbonyl (C=O) groups is 1. The topological polar surface area (TPSA) is 40.5 Å². The molecule has 0 aliphatic carbocycles. The van der Waals surface area contributed by atoms with E-state index in [0.29, 0.717) is 19.4 Å². The summed E-state index contributed by atoms with van der Waals surface area (Å²) in [6.45, 7) is 4.65. The van der Waals surface area contributed by atoms with Crippen LogP contribution in [0.4, 0.5) is 0 Å². The summed E-state index contributed by atoms with van der Waals surface area (Å²) in [5.41, 5.74) is 4.17. The molecule has 0 aromatic heterocycles. The highest BCUT2D eigenvalue weighted by atomic mass is 16.3. The molecule has 1 N–H and O–H groups in total. The number of aryl methyl sites for hydroxylation is 2. The minimum Gasteiger partial charge on any atom is -0.393 e. The van der Waals surface area contributed by atoms with Gasteiger partial charge in [-0.2, -0.15) is 0 Å². The molecule has 0 unspecified atom stereocenters. The summed E-state index contributed by atoms with van der Waals surface area (Å²) in [5, 5.41) is 10.1. The number of piperidine rings is 1. The number of hydrogen-bond donors (Lipinski definition) is 1. The van der Waals surface area contributed by atoms with Crippen LogP contribution >= 0.6 is 0 Å². The van der Waals surface area contributed by atoms with Crippen molar-refractivity contribution < 1.29 is 9.90 Å². The smallest absolute Gasteiger partial charge is 0.254 e. The first-order valence-electron chi connectivity index (χ1n) is 8.64. The van der Waals surface area contributed by atoms with Crippen LogP contribution in [0.2, 0.25) is 0 Å². The molecule has 126 valence electrons. The molecule has 1 aliphatic rings. The molecule has 0 spiro atoms. The highest BCUT2D eigenvalue weighted by Gasteiger charge is 2.31. The van der Waals surface area contributed by atoms with Crippen LogP contribution in [0.1, 0.15) is 39.9 Å². The second-order valence-electron chi connectivity index (χ2n) is 6.90. The Morgan fingerprint density at radius 1 is 1.12 bits per heavy atom. The zero-order valence-corrected chi connectivity index (χ0v) is 14.4. The number of rotatable bonds is 3. The molecule has 1 heterocycles. The molecule has 1 saturated heterocycles.